The highest BCUT2D eigenvalue weighted by Gasteiger charge is 2.23. The fourth-order valence-electron chi connectivity index (χ4n) is 3.70. The number of para-hydroxylation sites is 1. The largest absolute Gasteiger partial charge is 0.454 e. The first-order valence-corrected chi connectivity index (χ1v) is 9.06. The zero-order valence-corrected chi connectivity index (χ0v) is 14.3. The Bertz CT molecular complexity index is 1030. The number of aliphatic hydroxyl groups is 1. The van der Waals surface area contributed by atoms with Gasteiger partial charge in [0.1, 0.15) is 17.1 Å². The quantitative estimate of drug-likeness (QED) is 0.588. The van der Waals surface area contributed by atoms with Crippen molar-refractivity contribution in [1.82, 2.24) is 14.6 Å². The van der Waals surface area contributed by atoms with Crippen LogP contribution in [0.4, 0.5) is 5.82 Å². The van der Waals surface area contributed by atoms with Gasteiger partial charge < -0.3 is 14.8 Å². The van der Waals surface area contributed by atoms with Crippen molar-refractivity contribution in [3.05, 3.63) is 48.7 Å². The van der Waals surface area contributed by atoms with Crippen LogP contribution in [0.2, 0.25) is 0 Å². The summed E-state index contributed by atoms with van der Waals surface area (Å²) in [5.41, 5.74) is 2.41. The van der Waals surface area contributed by atoms with Crippen LogP contribution in [0.25, 0.3) is 28.1 Å². The molecule has 1 saturated carbocycles. The number of anilines is 1. The minimum Gasteiger partial charge on any atom is -0.454 e. The van der Waals surface area contributed by atoms with Crippen LogP contribution in [0, 0.1) is 0 Å². The van der Waals surface area contributed by atoms with Gasteiger partial charge in [-0.15, -0.1) is 5.10 Å². The molecule has 5 rings (SSSR count). The Morgan fingerprint density at radius 1 is 1.12 bits per heavy atom. The van der Waals surface area contributed by atoms with E-state index in [1.165, 1.54) is 0 Å². The van der Waals surface area contributed by atoms with Crippen LogP contribution in [0.5, 0.6) is 0 Å². The standard InChI is InChI=1S/C20H20N4O2/c25-16-7-3-2-6-14(16)22-19-9-10-20-21-12-15(24(20)23-19)18-11-13-5-1-4-8-17(13)26-18/h1,4-5,8-12,14,16,25H,2-3,6-7H2,(H,22,23). The van der Waals surface area contributed by atoms with Crippen molar-refractivity contribution in [3.63, 3.8) is 0 Å². The van der Waals surface area contributed by atoms with Gasteiger partial charge in [0.15, 0.2) is 11.4 Å². The van der Waals surface area contributed by atoms with Crippen LogP contribution < -0.4 is 5.32 Å². The predicted molar refractivity (Wildman–Crippen MR) is 100 cm³/mol. The number of imidazole rings is 1. The van der Waals surface area contributed by atoms with E-state index in [-0.39, 0.29) is 12.1 Å². The third-order valence-electron chi connectivity index (χ3n) is 5.10. The molecule has 1 fully saturated rings. The minimum atomic E-state index is -0.320. The van der Waals surface area contributed by atoms with Gasteiger partial charge in [-0.05, 0) is 37.1 Å². The monoisotopic (exact) mass is 348 g/mol. The van der Waals surface area contributed by atoms with Crippen molar-refractivity contribution in [2.75, 3.05) is 5.32 Å². The van der Waals surface area contributed by atoms with Gasteiger partial charge in [0.05, 0.1) is 18.3 Å². The second kappa shape index (κ2) is 6.14. The fraction of sp³-hybridized carbons (Fsp3) is 0.300. The van der Waals surface area contributed by atoms with Crippen LogP contribution in [0.3, 0.4) is 0 Å². The summed E-state index contributed by atoms with van der Waals surface area (Å²) >= 11 is 0. The Kier molecular flexibility index (Phi) is 3.64. The van der Waals surface area contributed by atoms with Crippen LogP contribution >= 0.6 is 0 Å². The number of aromatic nitrogens is 3. The second-order valence-corrected chi connectivity index (χ2v) is 6.88. The summed E-state index contributed by atoms with van der Waals surface area (Å²) in [4.78, 5) is 4.43. The second-order valence-electron chi connectivity index (χ2n) is 6.88. The molecule has 0 aliphatic heterocycles. The van der Waals surface area contributed by atoms with Crippen molar-refractivity contribution in [1.29, 1.82) is 0 Å². The molecule has 2 atom stereocenters. The van der Waals surface area contributed by atoms with Gasteiger partial charge in [-0.2, -0.15) is 0 Å². The molecule has 3 heterocycles. The van der Waals surface area contributed by atoms with E-state index in [9.17, 15) is 5.11 Å². The van der Waals surface area contributed by atoms with Gasteiger partial charge in [-0.25, -0.2) is 9.50 Å². The van der Waals surface area contributed by atoms with Crippen molar-refractivity contribution < 1.29 is 9.52 Å². The summed E-state index contributed by atoms with van der Waals surface area (Å²) < 4.78 is 7.75. The van der Waals surface area contributed by atoms with Gasteiger partial charge >= 0.3 is 0 Å². The van der Waals surface area contributed by atoms with Crippen molar-refractivity contribution in [2.24, 2.45) is 0 Å². The lowest BCUT2D eigenvalue weighted by molar-refractivity contribution is 0.116. The summed E-state index contributed by atoms with van der Waals surface area (Å²) in [6.07, 6.45) is 5.48. The maximum absolute atomic E-state index is 10.2. The molecular weight excluding hydrogens is 328 g/mol. The van der Waals surface area contributed by atoms with Crippen LogP contribution in [0.1, 0.15) is 25.7 Å². The molecule has 0 saturated heterocycles. The third kappa shape index (κ3) is 2.63. The number of aliphatic hydroxyl groups excluding tert-OH is 1. The molecule has 1 aliphatic carbocycles. The average molecular weight is 348 g/mol. The lowest BCUT2D eigenvalue weighted by Gasteiger charge is -2.28. The minimum absolute atomic E-state index is 0.0480. The molecule has 0 radical (unpaired) electrons. The van der Waals surface area contributed by atoms with Crippen molar-refractivity contribution in [3.8, 4) is 11.5 Å². The van der Waals surface area contributed by atoms with Crippen LogP contribution in [-0.2, 0) is 0 Å². The van der Waals surface area contributed by atoms with Gasteiger partial charge in [-0.3, -0.25) is 0 Å². The molecule has 0 spiro atoms. The number of hydrogen-bond donors (Lipinski definition) is 2. The smallest absolute Gasteiger partial charge is 0.155 e. The first-order chi connectivity index (χ1) is 12.8. The average Bonchev–Trinajstić information content (AvgIpc) is 3.26. The number of nitrogens with zero attached hydrogens (tertiary/aromatic N) is 3. The van der Waals surface area contributed by atoms with Crippen molar-refractivity contribution in [2.45, 2.75) is 37.8 Å². The van der Waals surface area contributed by atoms with E-state index >= 15 is 0 Å². The van der Waals surface area contributed by atoms with Gasteiger partial charge in [-0.1, -0.05) is 31.0 Å². The van der Waals surface area contributed by atoms with E-state index in [2.05, 4.69) is 15.4 Å². The Balaban J connectivity index is 1.52. The Morgan fingerprint density at radius 3 is 2.88 bits per heavy atom. The third-order valence-corrected chi connectivity index (χ3v) is 5.10. The highest BCUT2D eigenvalue weighted by Crippen LogP contribution is 2.28. The topological polar surface area (TPSA) is 75.6 Å². The molecule has 2 N–H and O–H groups in total. The maximum Gasteiger partial charge on any atom is 0.155 e. The molecule has 0 amide bonds. The molecule has 26 heavy (non-hydrogen) atoms. The van der Waals surface area contributed by atoms with Gasteiger partial charge in [0, 0.05) is 5.39 Å². The SMILES string of the molecule is OC1CCCCC1Nc1ccc2ncc(-c3cc4ccccc4o3)n2n1. The van der Waals surface area contributed by atoms with E-state index in [0.717, 1.165) is 59.6 Å². The number of furan rings is 1. The Hall–Kier alpha value is -2.86. The predicted octanol–water partition coefficient (Wildman–Crippen LogP) is 3.86. The Labute approximate surface area is 150 Å². The number of rotatable bonds is 3. The molecule has 132 valence electrons. The molecule has 1 aliphatic rings. The summed E-state index contributed by atoms with van der Waals surface area (Å²) in [7, 11) is 0. The van der Waals surface area contributed by atoms with E-state index in [1.807, 2.05) is 42.5 Å². The normalized spacial score (nSPS) is 20.7. The summed E-state index contributed by atoms with van der Waals surface area (Å²) in [6.45, 7) is 0. The summed E-state index contributed by atoms with van der Waals surface area (Å²) in [5, 5.41) is 19.3. The summed E-state index contributed by atoms with van der Waals surface area (Å²) in [5.74, 6) is 1.47. The van der Waals surface area contributed by atoms with Gasteiger partial charge in [0.25, 0.3) is 0 Å². The number of hydrogen-bond acceptors (Lipinski definition) is 5. The fourth-order valence-corrected chi connectivity index (χ4v) is 3.70. The number of benzene rings is 1. The Morgan fingerprint density at radius 2 is 2.00 bits per heavy atom. The maximum atomic E-state index is 10.2. The first-order valence-electron chi connectivity index (χ1n) is 9.06. The number of fused-ring (bicyclic) bond motifs is 2. The van der Waals surface area contributed by atoms with E-state index < -0.39 is 0 Å². The summed E-state index contributed by atoms with van der Waals surface area (Å²) in [6, 6.07) is 13.8. The molecule has 6 nitrogen and oxygen atoms in total. The highest BCUT2D eigenvalue weighted by molar-refractivity contribution is 5.82. The van der Waals surface area contributed by atoms with Crippen molar-refractivity contribution >= 4 is 22.4 Å². The van der Waals surface area contributed by atoms with Crippen LogP contribution in [-0.4, -0.2) is 31.9 Å². The van der Waals surface area contributed by atoms with E-state index in [1.54, 1.807) is 10.7 Å². The zero-order valence-electron chi connectivity index (χ0n) is 14.3. The van der Waals surface area contributed by atoms with E-state index in [0.29, 0.717) is 0 Å². The molecule has 6 heteroatoms. The molecule has 0 bridgehead atoms. The molecule has 3 aromatic heterocycles. The zero-order chi connectivity index (χ0) is 17.5. The molecule has 4 aromatic rings. The van der Waals surface area contributed by atoms with E-state index in [4.69, 9.17) is 4.42 Å². The molecule has 1 aromatic carbocycles. The lowest BCUT2D eigenvalue weighted by atomic mass is 9.93. The highest BCUT2D eigenvalue weighted by atomic mass is 16.3. The molecular formula is C20H20N4O2. The van der Waals surface area contributed by atoms with Gasteiger partial charge in [0.2, 0.25) is 0 Å². The molecule has 2 unspecified atom stereocenters. The first kappa shape index (κ1) is 15.4. The van der Waals surface area contributed by atoms with Crippen LogP contribution in [0.15, 0.2) is 53.1 Å². The lowest BCUT2D eigenvalue weighted by Crippen LogP contribution is -2.36. The number of nitrogens with one attached hydrogen (secondary N) is 1.